The van der Waals surface area contributed by atoms with Crippen molar-refractivity contribution in [1.82, 2.24) is 0 Å². The molecular formula is C18H21N3O3. The van der Waals surface area contributed by atoms with E-state index >= 15 is 0 Å². The van der Waals surface area contributed by atoms with Crippen molar-refractivity contribution < 1.29 is 14.4 Å². The molecule has 0 saturated heterocycles. The Bertz CT molecular complexity index is 759. The number of rotatable bonds is 5. The van der Waals surface area contributed by atoms with Crippen LogP contribution in [0.15, 0.2) is 39.5 Å². The number of methoxy groups -OCH3 is 1. The SMILES string of the molecule is CN=CC(C)=N/C=C/c1cc(C2=NOC(C)(C)C2=O)ccc1OC. The van der Waals surface area contributed by atoms with Gasteiger partial charge in [0.05, 0.1) is 12.8 Å². The second kappa shape index (κ2) is 7.21. The molecule has 0 radical (unpaired) electrons. The van der Waals surface area contributed by atoms with Crippen molar-refractivity contribution in [3.63, 3.8) is 0 Å². The lowest BCUT2D eigenvalue weighted by molar-refractivity contribution is -0.128. The van der Waals surface area contributed by atoms with E-state index in [9.17, 15) is 4.79 Å². The number of Topliss-reactive ketones (excluding diaryl/α,β-unsaturated/α-hetero) is 1. The van der Waals surface area contributed by atoms with Crippen molar-refractivity contribution in [1.29, 1.82) is 0 Å². The van der Waals surface area contributed by atoms with Gasteiger partial charge < -0.3 is 9.57 Å². The monoisotopic (exact) mass is 327 g/mol. The number of aliphatic imine (C=N–C) groups is 2. The molecule has 1 aliphatic heterocycles. The van der Waals surface area contributed by atoms with Gasteiger partial charge in [-0.1, -0.05) is 5.16 Å². The van der Waals surface area contributed by atoms with E-state index < -0.39 is 5.60 Å². The number of hydrogen-bond donors (Lipinski definition) is 0. The zero-order chi connectivity index (χ0) is 17.7. The zero-order valence-corrected chi connectivity index (χ0v) is 14.5. The van der Waals surface area contributed by atoms with Crippen LogP contribution in [-0.2, 0) is 9.63 Å². The molecule has 24 heavy (non-hydrogen) atoms. The third-order valence-corrected chi connectivity index (χ3v) is 3.48. The van der Waals surface area contributed by atoms with E-state index in [2.05, 4.69) is 15.1 Å². The summed E-state index contributed by atoms with van der Waals surface area (Å²) in [6.45, 7) is 5.25. The second-order valence-corrected chi connectivity index (χ2v) is 5.80. The van der Waals surface area contributed by atoms with Gasteiger partial charge in [-0.15, -0.1) is 0 Å². The Morgan fingerprint density at radius 1 is 1.38 bits per heavy atom. The van der Waals surface area contributed by atoms with Gasteiger partial charge in [0.15, 0.2) is 11.3 Å². The first-order valence-electron chi connectivity index (χ1n) is 7.51. The van der Waals surface area contributed by atoms with E-state index in [-0.39, 0.29) is 5.78 Å². The van der Waals surface area contributed by atoms with Crippen molar-refractivity contribution in [2.24, 2.45) is 15.1 Å². The van der Waals surface area contributed by atoms with Gasteiger partial charge in [-0.2, -0.15) is 0 Å². The van der Waals surface area contributed by atoms with Crippen LogP contribution in [-0.4, -0.2) is 43.2 Å². The molecule has 1 aromatic carbocycles. The van der Waals surface area contributed by atoms with Gasteiger partial charge in [0.2, 0.25) is 5.78 Å². The van der Waals surface area contributed by atoms with Crippen LogP contribution in [0.25, 0.3) is 6.08 Å². The average Bonchev–Trinajstić information content (AvgIpc) is 2.81. The highest BCUT2D eigenvalue weighted by Gasteiger charge is 2.40. The minimum absolute atomic E-state index is 0.143. The predicted molar refractivity (Wildman–Crippen MR) is 96.3 cm³/mol. The van der Waals surface area contributed by atoms with Gasteiger partial charge in [0.25, 0.3) is 0 Å². The van der Waals surface area contributed by atoms with Crippen molar-refractivity contribution in [2.45, 2.75) is 26.4 Å². The lowest BCUT2D eigenvalue weighted by Gasteiger charge is -2.12. The summed E-state index contributed by atoms with van der Waals surface area (Å²) >= 11 is 0. The van der Waals surface area contributed by atoms with Crippen LogP contribution in [0.5, 0.6) is 5.75 Å². The molecule has 2 rings (SSSR count). The molecule has 0 unspecified atom stereocenters. The van der Waals surface area contributed by atoms with Gasteiger partial charge in [0, 0.05) is 30.6 Å². The number of carbonyl (C=O) groups is 1. The van der Waals surface area contributed by atoms with E-state index in [4.69, 9.17) is 9.57 Å². The van der Waals surface area contributed by atoms with Crippen LogP contribution in [0.3, 0.4) is 0 Å². The summed E-state index contributed by atoms with van der Waals surface area (Å²) in [6.07, 6.45) is 5.14. The molecule has 1 aromatic rings. The molecule has 0 fully saturated rings. The van der Waals surface area contributed by atoms with Crippen LogP contribution in [0.2, 0.25) is 0 Å². The highest BCUT2D eigenvalue weighted by molar-refractivity contribution is 6.49. The number of nitrogens with zero attached hydrogens (tertiary/aromatic N) is 3. The molecule has 1 heterocycles. The standard InChI is InChI=1S/C18H21N3O3/c1-12(11-19-4)20-9-8-13-10-14(6-7-15(13)23-5)16-17(22)18(2,3)24-21-16/h6-11H,1-5H3/b9-8+,19-11?,20-12?. The number of oxime groups is 1. The van der Waals surface area contributed by atoms with Crippen molar-refractivity contribution in [2.75, 3.05) is 14.2 Å². The number of ether oxygens (including phenoxy) is 1. The fourth-order valence-corrected chi connectivity index (χ4v) is 2.18. The van der Waals surface area contributed by atoms with Crippen LogP contribution in [0.1, 0.15) is 31.9 Å². The van der Waals surface area contributed by atoms with E-state index in [1.165, 1.54) is 0 Å². The molecule has 0 bridgehead atoms. The van der Waals surface area contributed by atoms with Crippen LogP contribution in [0, 0.1) is 0 Å². The van der Waals surface area contributed by atoms with Crippen LogP contribution < -0.4 is 4.74 Å². The van der Waals surface area contributed by atoms with Crippen LogP contribution in [0.4, 0.5) is 0 Å². The lowest BCUT2D eigenvalue weighted by Crippen LogP contribution is -2.33. The summed E-state index contributed by atoms with van der Waals surface area (Å²) < 4.78 is 5.35. The fourth-order valence-electron chi connectivity index (χ4n) is 2.18. The number of ketones is 1. The quantitative estimate of drug-likeness (QED) is 0.781. The predicted octanol–water partition coefficient (Wildman–Crippen LogP) is 2.91. The molecule has 0 atom stereocenters. The largest absolute Gasteiger partial charge is 0.496 e. The van der Waals surface area contributed by atoms with Crippen LogP contribution >= 0.6 is 0 Å². The Labute approximate surface area is 141 Å². The maximum Gasteiger partial charge on any atom is 0.230 e. The Balaban J connectivity index is 2.34. The van der Waals surface area contributed by atoms with E-state index in [0.717, 1.165) is 11.3 Å². The summed E-state index contributed by atoms with van der Waals surface area (Å²) in [5.74, 6) is 0.536. The van der Waals surface area contributed by atoms with E-state index in [1.54, 1.807) is 58.6 Å². The first-order chi connectivity index (χ1) is 11.4. The molecule has 0 amide bonds. The van der Waals surface area contributed by atoms with Crippen molar-refractivity contribution in [3.8, 4) is 5.75 Å². The average molecular weight is 327 g/mol. The molecule has 6 nitrogen and oxygen atoms in total. The fraction of sp³-hybridized carbons (Fsp3) is 0.333. The minimum atomic E-state index is -0.924. The highest BCUT2D eigenvalue weighted by Crippen LogP contribution is 2.26. The number of benzene rings is 1. The maximum atomic E-state index is 12.3. The Morgan fingerprint density at radius 2 is 2.12 bits per heavy atom. The van der Waals surface area contributed by atoms with Gasteiger partial charge in [-0.05, 0) is 45.0 Å². The molecular weight excluding hydrogens is 306 g/mol. The molecule has 6 heteroatoms. The van der Waals surface area contributed by atoms with Crippen molar-refractivity contribution >= 4 is 29.5 Å². The number of carbonyl (C=O) groups excluding carboxylic acids is 1. The van der Waals surface area contributed by atoms with E-state index in [0.29, 0.717) is 17.0 Å². The third-order valence-electron chi connectivity index (χ3n) is 3.48. The second-order valence-electron chi connectivity index (χ2n) is 5.80. The first kappa shape index (κ1) is 17.6. The van der Waals surface area contributed by atoms with Gasteiger partial charge in [-0.25, -0.2) is 0 Å². The van der Waals surface area contributed by atoms with Gasteiger partial charge in [0.1, 0.15) is 5.75 Å². The Kier molecular flexibility index (Phi) is 5.28. The molecule has 0 saturated carbocycles. The summed E-state index contributed by atoms with van der Waals surface area (Å²) in [7, 11) is 3.28. The van der Waals surface area contributed by atoms with E-state index in [1.807, 2.05) is 13.0 Å². The zero-order valence-electron chi connectivity index (χ0n) is 14.5. The highest BCUT2D eigenvalue weighted by atomic mass is 16.7. The lowest BCUT2D eigenvalue weighted by atomic mass is 9.95. The normalized spacial score (nSPS) is 17.5. The Hall–Kier alpha value is -2.76. The molecule has 126 valence electrons. The first-order valence-corrected chi connectivity index (χ1v) is 7.51. The maximum absolute atomic E-state index is 12.3. The molecule has 0 N–H and O–H groups in total. The minimum Gasteiger partial charge on any atom is -0.496 e. The Morgan fingerprint density at radius 3 is 2.71 bits per heavy atom. The summed E-state index contributed by atoms with van der Waals surface area (Å²) in [5, 5.41) is 3.93. The van der Waals surface area contributed by atoms with Crippen molar-refractivity contribution in [3.05, 3.63) is 35.5 Å². The summed E-state index contributed by atoms with van der Waals surface area (Å²) in [5.41, 5.74) is 1.65. The smallest absolute Gasteiger partial charge is 0.230 e. The van der Waals surface area contributed by atoms with Gasteiger partial charge in [-0.3, -0.25) is 14.8 Å². The third kappa shape index (κ3) is 3.76. The molecule has 0 aromatic heterocycles. The molecule has 0 aliphatic carbocycles. The topological polar surface area (TPSA) is 72.6 Å². The number of hydrogen-bond acceptors (Lipinski definition) is 6. The molecule has 0 spiro atoms. The summed E-state index contributed by atoms with van der Waals surface area (Å²) in [4.78, 5) is 25.7. The molecule has 1 aliphatic rings. The van der Waals surface area contributed by atoms with Gasteiger partial charge >= 0.3 is 0 Å². The summed E-state index contributed by atoms with van der Waals surface area (Å²) in [6, 6.07) is 5.41.